The van der Waals surface area contributed by atoms with Gasteiger partial charge in [-0.15, -0.1) is 0 Å². The number of hydrogen-bond acceptors (Lipinski definition) is 3. The van der Waals surface area contributed by atoms with Crippen LogP contribution < -0.4 is 10.1 Å². The molecule has 29 heavy (non-hydrogen) atoms. The average molecular weight is 403 g/mol. The number of pyridine rings is 1. The van der Waals surface area contributed by atoms with Crippen LogP contribution >= 0.6 is 0 Å². The second kappa shape index (κ2) is 7.42. The largest absolute Gasteiger partial charge is 0.483 e. The van der Waals surface area contributed by atoms with Gasteiger partial charge >= 0.3 is 6.18 Å². The predicted octanol–water partition coefficient (Wildman–Crippen LogP) is 4.48. The maximum Gasteiger partial charge on any atom is 0.422 e. The minimum atomic E-state index is -4.40. The number of hydrogen-bond donors (Lipinski definition) is 2. The number of ether oxygens (including phenoxy) is 1. The number of rotatable bonds is 6. The highest BCUT2D eigenvalue weighted by Gasteiger charge is 2.44. The Labute approximate surface area is 165 Å². The van der Waals surface area contributed by atoms with Crippen molar-refractivity contribution in [1.29, 1.82) is 0 Å². The summed E-state index contributed by atoms with van der Waals surface area (Å²) in [6, 6.07) is 10.8. The van der Waals surface area contributed by atoms with E-state index in [4.69, 9.17) is 0 Å². The van der Waals surface area contributed by atoms with Gasteiger partial charge in [-0.1, -0.05) is 12.1 Å². The van der Waals surface area contributed by atoms with Crippen LogP contribution in [-0.4, -0.2) is 28.7 Å². The molecule has 1 aliphatic rings. The Morgan fingerprint density at radius 3 is 2.86 bits per heavy atom. The van der Waals surface area contributed by atoms with E-state index in [-0.39, 0.29) is 29.5 Å². The standard InChI is InChI=1S/C21H20F3N3O2/c1-12(18-5-4-15(10-26-18)29-11-21(22,23)24)27-20(28)17-9-16(17)14-3-2-13-6-7-25-19(13)8-14/h2-8,10,12,16-17,25H,9,11H2,1H3,(H,27,28)/t12?,16-,17+/m1/s1. The minimum absolute atomic E-state index is 0.0339. The molecule has 1 amide bonds. The molecular formula is C21H20F3N3O2. The van der Waals surface area contributed by atoms with Crippen molar-refractivity contribution in [2.75, 3.05) is 6.61 Å². The normalized spacial score (nSPS) is 19.7. The van der Waals surface area contributed by atoms with Gasteiger partial charge in [-0.3, -0.25) is 9.78 Å². The summed E-state index contributed by atoms with van der Waals surface area (Å²) in [6.45, 7) is 0.427. The molecule has 5 nitrogen and oxygen atoms in total. The highest BCUT2D eigenvalue weighted by molar-refractivity contribution is 5.84. The number of alkyl halides is 3. The van der Waals surface area contributed by atoms with Crippen LogP contribution in [0.1, 0.15) is 36.6 Å². The summed E-state index contributed by atoms with van der Waals surface area (Å²) >= 11 is 0. The summed E-state index contributed by atoms with van der Waals surface area (Å²) in [5.41, 5.74) is 2.75. The topological polar surface area (TPSA) is 67.0 Å². The molecule has 1 saturated carbocycles. The molecule has 4 rings (SSSR count). The minimum Gasteiger partial charge on any atom is -0.483 e. The Hall–Kier alpha value is -3.03. The third-order valence-electron chi connectivity index (χ3n) is 5.10. The molecule has 1 aromatic carbocycles. The van der Waals surface area contributed by atoms with Crippen molar-refractivity contribution in [2.45, 2.75) is 31.5 Å². The lowest BCUT2D eigenvalue weighted by atomic mass is 10.1. The first-order chi connectivity index (χ1) is 13.8. The third-order valence-corrected chi connectivity index (χ3v) is 5.10. The van der Waals surface area contributed by atoms with Crippen LogP contribution in [0.15, 0.2) is 48.8 Å². The molecule has 2 heterocycles. The van der Waals surface area contributed by atoms with Crippen LogP contribution in [0, 0.1) is 5.92 Å². The van der Waals surface area contributed by atoms with Crippen molar-refractivity contribution in [1.82, 2.24) is 15.3 Å². The molecule has 152 valence electrons. The molecule has 3 aromatic rings. The monoisotopic (exact) mass is 403 g/mol. The van der Waals surface area contributed by atoms with Crippen molar-refractivity contribution < 1.29 is 22.7 Å². The first-order valence-corrected chi connectivity index (χ1v) is 9.33. The Morgan fingerprint density at radius 1 is 1.31 bits per heavy atom. The van der Waals surface area contributed by atoms with E-state index in [1.54, 1.807) is 13.0 Å². The highest BCUT2D eigenvalue weighted by Crippen LogP contribution is 2.48. The number of halogens is 3. The molecular weight excluding hydrogens is 383 g/mol. The quantitative estimate of drug-likeness (QED) is 0.638. The molecule has 0 saturated heterocycles. The SMILES string of the molecule is CC(NC(=O)[C@H]1C[C@@H]1c1ccc2cc[nH]c2c1)c1ccc(OCC(F)(F)F)cn1. The van der Waals surface area contributed by atoms with Crippen molar-refractivity contribution in [3.8, 4) is 5.75 Å². The number of H-pyrrole nitrogens is 1. The molecule has 0 spiro atoms. The van der Waals surface area contributed by atoms with E-state index in [2.05, 4.69) is 32.2 Å². The fourth-order valence-corrected chi connectivity index (χ4v) is 3.44. The van der Waals surface area contributed by atoms with Crippen LogP contribution in [0.25, 0.3) is 10.9 Å². The summed E-state index contributed by atoms with van der Waals surface area (Å²) < 4.78 is 41.2. The molecule has 1 fully saturated rings. The average Bonchev–Trinajstić information content (AvgIpc) is 3.36. The summed E-state index contributed by atoms with van der Waals surface area (Å²) in [4.78, 5) is 19.9. The van der Waals surface area contributed by atoms with Crippen LogP contribution in [0.2, 0.25) is 0 Å². The van der Waals surface area contributed by atoms with E-state index in [1.165, 1.54) is 12.3 Å². The summed E-state index contributed by atoms with van der Waals surface area (Å²) in [5, 5.41) is 4.07. The number of amides is 1. The zero-order valence-corrected chi connectivity index (χ0v) is 15.7. The van der Waals surface area contributed by atoms with Gasteiger partial charge in [-0.2, -0.15) is 13.2 Å². The maximum absolute atomic E-state index is 12.6. The van der Waals surface area contributed by atoms with E-state index in [0.717, 1.165) is 22.9 Å². The lowest BCUT2D eigenvalue weighted by molar-refractivity contribution is -0.153. The van der Waals surface area contributed by atoms with Gasteiger partial charge in [0.15, 0.2) is 6.61 Å². The lowest BCUT2D eigenvalue weighted by Crippen LogP contribution is -2.29. The number of nitrogens with one attached hydrogen (secondary N) is 2. The number of fused-ring (bicyclic) bond motifs is 1. The molecule has 8 heteroatoms. The summed E-state index contributed by atoms with van der Waals surface area (Å²) in [5.74, 6) is 0.0973. The molecule has 0 aliphatic heterocycles. The van der Waals surface area contributed by atoms with Gasteiger partial charge in [0.1, 0.15) is 5.75 Å². The first-order valence-electron chi connectivity index (χ1n) is 9.33. The van der Waals surface area contributed by atoms with Gasteiger partial charge < -0.3 is 15.0 Å². The second-order valence-corrected chi connectivity index (χ2v) is 7.33. The van der Waals surface area contributed by atoms with Gasteiger partial charge in [0.2, 0.25) is 5.91 Å². The zero-order valence-electron chi connectivity index (χ0n) is 15.7. The van der Waals surface area contributed by atoms with Crippen LogP contribution in [0.3, 0.4) is 0 Å². The van der Waals surface area contributed by atoms with Gasteiger partial charge in [0.25, 0.3) is 0 Å². The van der Waals surface area contributed by atoms with E-state index in [9.17, 15) is 18.0 Å². The molecule has 0 radical (unpaired) electrons. The number of aromatic amines is 1. The van der Waals surface area contributed by atoms with Crippen molar-refractivity contribution >= 4 is 16.8 Å². The lowest BCUT2D eigenvalue weighted by Gasteiger charge is -2.14. The number of aromatic nitrogens is 2. The van der Waals surface area contributed by atoms with E-state index in [0.29, 0.717) is 5.69 Å². The number of carbonyl (C=O) groups excluding carboxylic acids is 1. The van der Waals surface area contributed by atoms with Crippen molar-refractivity contribution in [3.63, 3.8) is 0 Å². The molecule has 1 unspecified atom stereocenters. The fraction of sp³-hybridized carbons (Fsp3) is 0.333. The van der Waals surface area contributed by atoms with E-state index >= 15 is 0 Å². The highest BCUT2D eigenvalue weighted by atomic mass is 19.4. The Morgan fingerprint density at radius 2 is 2.14 bits per heavy atom. The van der Waals surface area contributed by atoms with Crippen LogP contribution in [0.5, 0.6) is 5.75 Å². The van der Waals surface area contributed by atoms with E-state index < -0.39 is 12.8 Å². The number of benzene rings is 1. The van der Waals surface area contributed by atoms with Gasteiger partial charge in [0, 0.05) is 17.6 Å². The molecule has 3 atom stereocenters. The Kier molecular flexibility index (Phi) is 4.94. The molecule has 1 aliphatic carbocycles. The Bertz CT molecular complexity index is 1010. The second-order valence-electron chi connectivity index (χ2n) is 7.33. The zero-order chi connectivity index (χ0) is 20.6. The first kappa shape index (κ1) is 19.3. The Balaban J connectivity index is 1.32. The van der Waals surface area contributed by atoms with Crippen molar-refractivity contribution in [3.05, 3.63) is 60.0 Å². The smallest absolute Gasteiger partial charge is 0.422 e. The van der Waals surface area contributed by atoms with Gasteiger partial charge in [-0.05, 0) is 54.5 Å². The maximum atomic E-state index is 12.6. The molecule has 0 bridgehead atoms. The number of carbonyl (C=O) groups is 1. The summed E-state index contributed by atoms with van der Waals surface area (Å²) in [6.07, 6.45) is -0.483. The predicted molar refractivity (Wildman–Crippen MR) is 101 cm³/mol. The van der Waals surface area contributed by atoms with Crippen LogP contribution in [0.4, 0.5) is 13.2 Å². The van der Waals surface area contributed by atoms with Gasteiger partial charge in [0.05, 0.1) is 17.9 Å². The van der Waals surface area contributed by atoms with Gasteiger partial charge in [-0.25, -0.2) is 0 Å². The van der Waals surface area contributed by atoms with Crippen LogP contribution in [-0.2, 0) is 4.79 Å². The third kappa shape index (κ3) is 4.52. The molecule has 2 aromatic heterocycles. The fourth-order valence-electron chi connectivity index (χ4n) is 3.44. The molecule has 2 N–H and O–H groups in total. The van der Waals surface area contributed by atoms with Crippen molar-refractivity contribution in [2.24, 2.45) is 5.92 Å². The summed E-state index contributed by atoms with van der Waals surface area (Å²) in [7, 11) is 0. The van der Waals surface area contributed by atoms with E-state index in [1.807, 2.05) is 18.3 Å². The number of nitrogens with zero attached hydrogens (tertiary/aromatic N) is 1.